The highest BCUT2D eigenvalue weighted by atomic mass is 35.5. The van der Waals surface area contributed by atoms with Crippen molar-refractivity contribution in [1.82, 2.24) is 14.8 Å². The van der Waals surface area contributed by atoms with Crippen molar-refractivity contribution in [3.63, 3.8) is 0 Å². The van der Waals surface area contributed by atoms with Gasteiger partial charge in [-0.3, -0.25) is 0 Å². The maximum atomic E-state index is 5.87. The maximum Gasteiger partial charge on any atom is 0.155 e. The highest BCUT2D eigenvalue weighted by Gasteiger charge is 2.04. The van der Waals surface area contributed by atoms with Gasteiger partial charge < -0.3 is 0 Å². The number of rotatable bonds is 1. The van der Waals surface area contributed by atoms with Gasteiger partial charge in [-0.05, 0) is 19.1 Å². The van der Waals surface area contributed by atoms with E-state index in [0.29, 0.717) is 16.0 Å². The molecule has 2 aromatic heterocycles. The second kappa shape index (κ2) is 3.59. The number of nitrogens with zero attached hydrogens (tertiary/aromatic N) is 3. The second-order valence-electron chi connectivity index (χ2n) is 2.83. The Kier molecular flexibility index (Phi) is 2.44. The molecular formula is C9H7Cl2N3. The second-order valence-corrected chi connectivity index (χ2v) is 3.62. The molecule has 0 fully saturated rings. The Morgan fingerprint density at radius 2 is 2.07 bits per heavy atom. The summed E-state index contributed by atoms with van der Waals surface area (Å²) in [6.45, 7) is 1.84. The first-order chi connectivity index (χ1) is 6.66. The van der Waals surface area contributed by atoms with Crippen molar-refractivity contribution < 1.29 is 0 Å². The SMILES string of the molecule is Cc1nn(-c2cccc(Cl)n2)cc1Cl. The van der Waals surface area contributed by atoms with E-state index in [2.05, 4.69) is 10.1 Å². The lowest BCUT2D eigenvalue weighted by molar-refractivity contribution is 0.832. The Morgan fingerprint density at radius 1 is 1.29 bits per heavy atom. The van der Waals surface area contributed by atoms with Crippen LogP contribution in [0.25, 0.3) is 5.82 Å². The minimum Gasteiger partial charge on any atom is -0.221 e. The Hall–Kier alpha value is -1.06. The topological polar surface area (TPSA) is 30.7 Å². The first kappa shape index (κ1) is 9.49. The Labute approximate surface area is 91.3 Å². The van der Waals surface area contributed by atoms with Gasteiger partial charge in [0.25, 0.3) is 0 Å². The lowest BCUT2D eigenvalue weighted by atomic mass is 10.5. The molecule has 0 bridgehead atoms. The van der Waals surface area contributed by atoms with Gasteiger partial charge in [-0.25, -0.2) is 9.67 Å². The molecule has 14 heavy (non-hydrogen) atoms. The molecule has 3 nitrogen and oxygen atoms in total. The van der Waals surface area contributed by atoms with E-state index in [4.69, 9.17) is 23.2 Å². The predicted molar refractivity (Wildman–Crippen MR) is 56.1 cm³/mol. The molecule has 0 atom stereocenters. The van der Waals surface area contributed by atoms with Crippen LogP contribution in [0.1, 0.15) is 5.69 Å². The van der Waals surface area contributed by atoms with Gasteiger partial charge in [0.1, 0.15) is 5.15 Å². The van der Waals surface area contributed by atoms with Crippen LogP contribution in [0.3, 0.4) is 0 Å². The zero-order valence-corrected chi connectivity index (χ0v) is 8.92. The summed E-state index contributed by atoms with van der Waals surface area (Å²) in [5.74, 6) is 0.660. The molecule has 0 aromatic carbocycles. The van der Waals surface area contributed by atoms with Crippen LogP contribution in [0.4, 0.5) is 0 Å². The number of halogens is 2. The highest BCUT2D eigenvalue weighted by molar-refractivity contribution is 6.31. The minimum atomic E-state index is 0.437. The monoisotopic (exact) mass is 227 g/mol. The van der Waals surface area contributed by atoms with Crippen molar-refractivity contribution in [3.05, 3.63) is 40.3 Å². The third-order valence-corrected chi connectivity index (χ3v) is 2.36. The van der Waals surface area contributed by atoms with Crippen LogP contribution >= 0.6 is 23.2 Å². The molecule has 2 aromatic rings. The normalized spacial score (nSPS) is 10.5. The largest absolute Gasteiger partial charge is 0.221 e. The van der Waals surface area contributed by atoms with Crippen LogP contribution in [0.5, 0.6) is 0 Å². The molecule has 0 aliphatic heterocycles. The molecule has 0 unspecified atom stereocenters. The first-order valence-corrected chi connectivity index (χ1v) is 4.77. The van der Waals surface area contributed by atoms with Crippen LogP contribution < -0.4 is 0 Å². The van der Waals surface area contributed by atoms with E-state index in [-0.39, 0.29) is 0 Å². The molecule has 2 heterocycles. The van der Waals surface area contributed by atoms with E-state index in [1.807, 2.05) is 19.1 Å². The fourth-order valence-electron chi connectivity index (χ4n) is 1.08. The fourth-order valence-corrected chi connectivity index (χ4v) is 1.37. The molecule has 0 saturated carbocycles. The Bertz CT molecular complexity index is 445. The van der Waals surface area contributed by atoms with Gasteiger partial charge in [-0.1, -0.05) is 29.3 Å². The van der Waals surface area contributed by atoms with Gasteiger partial charge in [0.2, 0.25) is 0 Å². The van der Waals surface area contributed by atoms with E-state index in [1.54, 1.807) is 16.9 Å². The summed E-state index contributed by atoms with van der Waals surface area (Å²) in [6.07, 6.45) is 1.70. The standard InChI is InChI=1S/C9H7Cl2N3/c1-6-7(10)5-14(13-6)9-4-2-3-8(11)12-9/h2-5H,1H3. The summed E-state index contributed by atoms with van der Waals surface area (Å²) in [6, 6.07) is 5.34. The quantitative estimate of drug-likeness (QED) is 0.702. The Balaban J connectivity index is 2.49. The van der Waals surface area contributed by atoms with E-state index in [1.165, 1.54) is 0 Å². The summed E-state index contributed by atoms with van der Waals surface area (Å²) in [4.78, 5) is 4.11. The first-order valence-electron chi connectivity index (χ1n) is 4.01. The van der Waals surface area contributed by atoms with Crippen molar-refractivity contribution in [1.29, 1.82) is 0 Å². The van der Waals surface area contributed by atoms with Gasteiger partial charge in [0, 0.05) is 0 Å². The number of hydrogen-bond donors (Lipinski definition) is 0. The molecule has 0 aliphatic rings. The van der Waals surface area contributed by atoms with E-state index < -0.39 is 0 Å². The third-order valence-electron chi connectivity index (χ3n) is 1.77. The van der Waals surface area contributed by atoms with Gasteiger partial charge in [-0.2, -0.15) is 5.10 Å². The number of aromatic nitrogens is 3. The summed E-state index contributed by atoms with van der Waals surface area (Å²) in [5.41, 5.74) is 0.772. The van der Waals surface area contributed by atoms with Gasteiger partial charge in [0.05, 0.1) is 16.9 Å². The molecule has 0 saturated heterocycles. The zero-order chi connectivity index (χ0) is 10.1. The van der Waals surface area contributed by atoms with E-state index in [0.717, 1.165) is 5.69 Å². The molecule has 0 spiro atoms. The summed E-state index contributed by atoms with van der Waals surface area (Å²) in [7, 11) is 0. The maximum absolute atomic E-state index is 5.87. The summed E-state index contributed by atoms with van der Waals surface area (Å²) in [5, 5.41) is 5.24. The average molecular weight is 228 g/mol. The molecule has 5 heteroatoms. The molecule has 0 amide bonds. The summed E-state index contributed by atoms with van der Waals surface area (Å²) < 4.78 is 1.60. The van der Waals surface area contributed by atoms with Crippen LogP contribution in [-0.2, 0) is 0 Å². The minimum absolute atomic E-state index is 0.437. The lowest BCUT2D eigenvalue weighted by Gasteiger charge is -1.98. The molecule has 2 rings (SSSR count). The third kappa shape index (κ3) is 1.74. The molecule has 0 N–H and O–H groups in total. The fraction of sp³-hybridized carbons (Fsp3) is 0.111. The van der Waals surface area contributed by atoms with Crippen LogP contribution in [0.2, 0.25) is 10.2 Å². The number of pyridine rings is 1. The smallest absolute Gasteiger partial charge is 0.155 e. The highest BCUT2D eigenvalue weighted by Crippen LogP contribution is 2.16. The van der Waals surface area contributed by atoms with E-state index in [9.17, 15) is 0 Å². The van der Waals surface area contributed by atoms with Gasteiger partial charge in [0.15, 0.2) is 5.82 Å². The number of hydrogen-bond acceptors (Lipinski definition) is 2. The van der Waals surface area contributed by atoms with E-state index >= 15 is 0 Å². The average Bonchev–Trinajstić information content (AvgIpc) is 2.47. The lowest BCUT2D eigenvalue weighted by Crippen LogP contribution is -1.97. The van der Waals surface area contributed by atoms with Crippen molar-refractivity contribution in [3.8, 4) is 5.82 Å². The van der Waals surface area contributed by atoms with Gasteiger partial charge >= 0.3 is 0 Å². The molecule has 0 radical (unpaired) electrons. The summed E-state index contributed by atoms with van der Waals surface area (Å²) >= 11 is 11.6. The van der Waals surface area contributed by atoms with Crippen LogP contribution in [-0.4, -0.2) is 14.8 Å². The van der Waals surface area contributed by atoms with Crippen molar-refractivity contribution >= 4 is 23.2 Å². The van der Waals surface area contributed by atoms with Crippen molar-refractivity contribution in [2.24, 2.45) is 0 Å². The Morgan fingerprint density at radius 3 is 2.64 bits per heavy atom. The van der Waals surface area contributed by atoms with Crippen LogP contribution in [0.15, 0.2) is 24.4 Å². The van der Waals surface area contributed by atoms with Crippen LogP contribution in [0, 0.1) is 6.92 Å². The zero-order valence-electron chi connectivity index (χ0n) is 7.41. The predicted octanol–water partition coefficient (Wildman–Crippen LogP) is 2.88. The van der Waals surface area contributed by atoms with Gasteiger partial charge in [-0.15, -0.1) is 0 Å². The number of aryl methyl sites for hydroxylation is 1. The van der Waals surface area contributed by atoms with Crippen molar-refractivity contribution in [2.75, 3.05) is 0 Å². The molecule has 0 aliphatic carbocycles. The van der Waals surface area contributed by atoms with Crippen molar-refractivity contribution in [2.45, 2.75) is 6.92 Å². The molecule has 72 valence electrons. The molecular weight excluding hydrogens is 221 g/mol.